The second kappa shape index (κ2) is 8.08. The molecule has 2 heterocycles. The van der Waals surface area contributed by atoms with E-state index < -0.39 is 12.5 Å². The van der Waals surface area contributed by atoms with Gasteiger partial charge in [-0.2, -0.15) is 5.10 Å². The molecular formula is C25H29F2N5O. The van der Waals surface area contributed by atoms with Gasteiger partial charge in [0.05, 0.1) is 17.5 Å². The summed E-state index contributed by atoms with van der Waals surface area (Å²) in [6.45, 7) is 4.46. The quantitative estimate of drug-likeness (QED) is 0.514. The number of aromatic amines is 1. The Kier molecular flexibility index (Phi) is 5.34. The summed E-state index contributed by atoms with van der Waals surface area (Å²) in [6, 6.07) is 6.41. The minimum atomic E-state index is -0.599. The van der Waals surface area contributed by atoms with Gasteiger partial charge in [0.25, 0.3) is 0 Å². The number of nitrogens with zero attached hydrogens (tertiary/aromatic N) is 4. The molecular weight excluding hydrogens is 424 g/mol. The number of hydrogen-bond donors (Lipinski definition) is 2. The van der Waals surface area contributed by atoms with E-state index in [0.29, 0.717) is 16.9 Å². The fourth-order valence-corrected chi connectivity index (χ4v) is 6.20. The van der Waals surface area contributed by atoms with Crippen LogP contribution in [0.4, 0.5) is 14.6 Å². The first kappa shape index (κ1) is 21.8. The van der Waals surface area contributed by atoms with Gasteiger partial charge in [0.2, 0.25) is 0 Å². The molecule has 0 spiro atoms. The first-order valence-electron chi connectivity index (χ1n) is 11.5. The van der Waals surface area contributed by atoms with Crippen LogP contribution in [0.15, 0.2) is 36.7 Å². The normalized spacial score (nSPS) is 26.5. The van der Waals surface area contributed by atoms with Crippen molar-refractivity contribution in [1.82, 2.24) is 20.4 Å². The fraction of sp³-hybridized carbons (Fsp3) is 0.480. The minimum Gasteiger partial charge on any atom is -0.507 e. The smallest absolute Gasteiger partial charge is 0.151 e. The molecule has 33 heavy (non-hydrogen) atoms. The Morgan fingerprint density at radius 3 is 2.45 bits per heavy atom. The predicted molar refractivity (Wildman–Crippen MR) is 123 cm³/mol. The summed E-state index contributed by atoms with van der Waals surface area (Å²) < 4.78 is 28.4. The van der Waals surface area contributed by atoms with E-state index in [4.69, 9.17) is 0 Å². The van der Waals surface area contributed by atoms with E-state index in [0.717, 1.165) is 12.8 Å². The molecule has 6 nitrogen and oxygen atoms in total. The number of phenolic OH excluding ortho intramolecular Hbond substituents is 1. The second-order valence-electron chi connectivity index (χ2n) is 10.4. The van der Waals surface area contributed by atoms with Crippen LogP contribution in [0, 0.1) is 16.6 Å². The molecule has 2 aliphatic carbocycles. The monoisotopic (exact) mass is 453 g/mol. The lowest BCUT2D eigenvalue weighted by molar-refractivity contribution is 0.144. The lowest BCUT2D eigenvalue weighted by Gasteiger charge is -2.45. The molecule has 0 saturated heterocycles. The van der Waals surface area contributed by atoms with Crippen molar-refractivity contribution < 1.29 is 13.9 Å². The summed E-state index contributed by atoms with van der Waals surface area (Å²) in [6.07, 6.45) is 8.84. The SMILES string of the molecule is C[C@]12CC[C@](C)(C[C@@H](N(CCF)c3ccc(-c4c(O)cc(-c5cn[nH]c5)cc4F)nn3)C1)C2. The zero-order valence-electron chi connectivity index (χ0n) is 19.0. The number of rotatable bonds is 6. The van der Waals surface area contributed by atoms with Crippen LogP contribution in [-0.2, 0) is 0 Å². The maximum Gasteiger partial charge on any atom is 0.151 e. The number of halogens is 2. The van der Waals surface area contributed by atoms with Crippen molar-refractivity contribution in [3.63, 3.8) is 0 Å². The lowest BCUT2D eigenvalue weighted by Crippen LogP contribution is -2.45. The van der Waals surface area contributed by atoms with Crippen molar-refractivity contribution in [1.29, 1.82) is 0 Å². The average Bonchev–Trinajstić information content (AvgIpc) is 3.38. The van der Waals surface area contributed by atoms with Crippen LogP contribution in [0.25, 0.3) is 22.4 Å². The van der Waals surface area contributed by atoms with Gasteiger partial charge in [-0.3, -0.25) is 5.10 Å². The average molecular weight is 454 g/mol. The van der Waals surface area contributed by atoms with E-state index in [1.165, 1.54) is 31.4 Å². The molecule has 2 N–H and O–H groups in total. The summed E-state index contributed by atoms with van der Waals surface area (Å²) in [5.74, 6) is -0.234. The van der Waals surface area contributed by atoms with E-state index in [1.807, 2.05) is 4.90 Å². The molecule has 2 aromatic heterocycles. The highest BCUT2D eigenvalue weighted by atomic mass is 19.1. The fourth-order valence-electron chi connectivity index (χ4n) is 6.20. The number of nitrogens with one attached hydrogen (secondary N) is 1. The van der Waals surface area contributed by atoms with Crippen LogP contribution in [0.2, 0.25) is 0 Å². The van der Waals surface area contributed by atoms with Gasteiger partial charge in [-0.05, 0) is 72.8 Å². The number of anilines is 1. The molecule has 0 unspecified atom stereocenters. The molecule has 2 aliphatic rings. The molecule has 0 radical (unpaired) electrons. The first-order chi connectivity index (χ1) is 15.8. The number of aromatic nitrogens is 4. The standard InChI is InChI=1S/C25H29F2N5O/c1-24-5-6-25(2,15-24)12-18(11-24)32(8-7-26)22-4-3-20(30-31-22)23-19(27)9-16(10-21(23)33)17-13-28-29-14-17/h3-4,9-10,13-14,18,33H,5-8,11-12,15H2,1-2H3,(H,28,29)/t18-,24-,25+. The molecule has 5 rings (SSSR count). The van der Waals surface area contributed by atoms with Crippen LogP contribution in [0.5, 0.6) is 5.75 Å². The van der Waals surface area contributed by atoms with Gasteiger partial charge in [-0.15, -0.1) is 10.2 Å². The highest BCUT2D eigenvalue weighted by Crippen LogP contribution is 2.59. The van der Waals surface area contributed by atoms with Crippen LogP contribution in [-0.4, -0.2) is 44.8 Å². The Morgan fingerprint density at radius 2 is 1.88 bits per heavy atom. The number of hydrogen-bond acceptors (Lipinski definition) is 5. The second-order valence-corrected chi connectivity index (χ2v) is 10.4. The van der Waals surface area contributed by atoms with Gasteiger partial charge in [0.15, 0.2) is 5.82 Å². The number of benzene rings is 1. The maximum absolute atomic E-state index is 14.9. The Hall–Kier alpha value is -3.03. The summed E-state index contributed by atoms with van der Waals surface area (Å²) in [5, 5.41) is 25.6. The van der Waals surface area contributed by atoms with Crippen molar-refractivity contribution in [2.45, 2.75) is 52.0 Å². The topological polar surface area (TPSA) is 77.9 Å². The van der Waals surface area contributed by atoms with E-state index >= 15 is 0 Å². The third-order valence-electron chi connectivity index (χ3n) is 7.51. The number of phenols is 1. The zero-order chi connectivity index (χ0) is 23.2. The van der Waals surface area contributed by atoms with Gasteiger partial charge in [-0.1, -0.05) is 13.8 Å². The molecule has 2 saturated carbocycles. The summed E-state index contributed by atoms with van der Waals surface area (Å²) in [4.78, 5) is 2.02. The molecule has 8 heteroatoms. The molecule has 3 atom stereocenters. The zero-order valence-corrected chi connectivity index (χ0v) is 19.0. The molecule has 1 aromatic carbocycles. The van der Waals surface area contributed by atoms with Gasteiger partial charge in [0.1, 0.15) is 18.2 Å². The van der Waals surface area contributed by atoms with Crippen LogP contribution in [0.3, 0.4) is 0 Å². The number of H-pyrrole nitrogens is 1. The molecule has 2 fully saturated rings. The molecule has 0 aliphatic heterocycles. The van der Waals surface area contributed by atoms with Crippen LogP contribution in [0.1, 0.15) is 46.0 Å². The van der Waals surface area contributed by atoms with Gasteiger partial charge in [-0.25, -0.2) is 8.78 Å². The third kappa shape index (κ3) is 4.07. The van der Waals surface area contributed by atoms with Gasteiger partial charge < -0.3 is 10.0 Å². The van der Waals surface area contributed by atoms with Crippen LogP contribution >= 0.6 is 0 Å². The predicted octanol–water partition coefficient (Wildman–Crippen LogP) is 5.51. The van der Waals surface area contributed by atoms with Crippen molar-refractivity contribution in [3.8, 4) is 28.1 Å². The highest BCUT2D eigenvalue weighted by molar-refractivity contribution is 5.74. The van der Waals surface area contributed by atoms with E-state index in [9.17, 15) is 13.9 Å². The third-order valence-corrected chi connectivity index (χ3v) is 7.51. The van der Waals surface area contributed by atoms with Crippen molar-refractivity contribution in [2.24, 2.45) is 10.8 Å². The van der Waals surface area contributed by atoms with E-state index in [1.54, 1.807) is 24.5 Å². The molecule has 3 aromatic rings. The highest BCUT2D eigenvalue weighted by Gasteiger charge is 2.50. The van der Waals surface area contributed by atoms with E-state index in [-0.39, 0.29) is 40.4 Å². The number of alkyl halides is 1. The maximum atomic E-state index is 14.9. The first-order valence-corrected chi connectivity index (χ1v) is 11.5. The van der Waals surface area contributed by atoms with Crippen LogP contribution < -0.4 is 4.90 Å². The molecule has 174 valence electrons. The minimum absolute atomic E-state index is 0.00549. The number of fused-ring (bicyclic) bond motifs is 2. The van der Waals surface area contributed by atoms with Crippen molar-refractivity contribution in [2.75, 3.05) is 18.1 Å². The van der Waals surface area contributed by atoms with Gasteiger partial charge >= 0.3 is 0 Å². The summed E-state index contributed by atoms with van der Waals surface area (Å²) in [7, 11) is 0. The molecule has 2 bridgehead atoms. The Bertz CT molecular complexity index is 1100. The Labute approximate surface area is 192 Å². The van der Waals surface area contributed by atoms with Gasteiger partial charge in [0, 0.05) is 24.3 Å². The molecule has 0 amide bonds. The summed E-state index contributed by atoms with van der Waals surface area (Å²) >= 11 is 0. The Morgan fingerprint density at radius 1 is 1.12 bits per heavy atom. The van der Waals surface area contributed by atoms with Crippen molar-refractivity contribution >= 4 is 5.82 Å². The number of aromatic hydroxyl groups is 1. The van der Waals surface area contributed by atoms with Crippen molar-refractivity contribution in [3.05, 3.63) is 42.5 Å². The lowest BCUT2D eigenvalue weighted by atomic mass is 9.68. The Balaban J connectivity index is 1.43. The van der Waals surface area contributed by atoms with E-state index in [2.05, 4.69) is 34.2 Å². The summed E-state index contributed by atoms with van der Waals surface area (Å²) in [5.41, 5.74) is 1.97. The largest absolute Gasteiger partial charge is 0.507 e.